The highest BCUT2D eigenvalue weighted by molar-refractivity contribution is 9.10. The van der Waals surface area contributed by atoms with Gasteiger partial charge in [0.05, 0.1) is 6.61 Å². The molecule has 1 aliphatic rings. The second-order valence-corrected chi connectivity index (χ2v) is 7.34. The van der Waals surface area contributed by atoms with E-state index in [4.69, 9.17) is 4.74 Å². The average molecular weight is 390 g/mol. The van der Waals surface area contributed by atoms with Crippen molar-refractivity contribution in [3.05, 3.63) is 64.1 Å². The number of halogens is 1. The van der Waals surface area contributed by atoms with Crippen LogP contribution in [0.3, 0.4) is 0 Å². The molecule has 0 aliphatic carbocycles. The lowest BCUT2D eigenvalue weighted by molar-refractivity contribution is 0.0456. The first-order valence-corrected chi connectivity index (χ1v) is 9.26. The van der Waals surface area contributed by atoms with E-state index in [2.05, 4.69) is 27.8 Å². The summed E-state index contributed by atoms with van der Waals surface area (Å²) in [5.74, 6) is 0.937. The van der Waals surface area contributed by atoms with Gasteiger partial charge in [0.1, 0.15) is 11.4 Å². The Morgan fingerprint density at radius 3 is 2.75 bits per heavy atom. The maximum absolute atomic E-state index is 10.9. The first-order valence-electron chi connectivity index (χ1n) is 8.47. The third-order valence-corrected chi connectivity index (χ3v) is 5.59. The standard InChI is InChI=1S/C20H24BrNO2/c1-16-18(21)9-5-10-19(16)24-14-6-12-22-13-11-20(23,15-22)17-7-3-2-4-8-17/h2-5,7-10,23H,6,11-15H2,1H3. The van der Waals surface area contributed by atoms with Crippen molar-refractivity contribution in [3.63, 3.8) is 0 Å². The van der Waals surface area contributed by atoms with Crippen molar-refractivity contribution < 1.29 is 9.84 Å². The van der Waals surface area contributed by atoms with E-state index >= 15 is 0 Å². The average Bonchev–Trinajstić information content (AvgIpc) is 2.99. The topological polar surface area (TPSA) is 32.7 Å². The summed E-state index contributed by atoms with van der Waals surface area (Å²) in [6.07, 6.45) is 1.75. The maximum Gasteiger partial charge on any atom is 0.123 e. The lowest BCUT2D eigenvalue weighted by Gasteiger charge is -2.24. The molecule has 1 saturated heterocycles. The van der Waals surface area contributed by atoms with Crippen LogP contribution in [0, 0.1) is 6.92 Å². The van der Waals surface area contributed by atoms with Gasteiger partial charge in [-0.3, -0.25) is 4.90 Å². The number of benzene rings is 2. The first-order chi connectivity index (χ1) is 11.6. The Labute approximate surface area is 152 Å². The van der Waals surface area contributed by atoms with Crippen LogP contribution in [0.25, 0.3) is 0 Å². The molecule has 1 N–H and O–H groups in total. The van der Waals surface area contributed by atoms with Crippen LogP contribution in [0.4, 0.5) is 0 Å². The van der Waals surface area contributed by atoms with Crippen molar-refractivity contribution in [2.45, 2.75) is 25.4 Å². The highest BCUT2D eigenvalue weighted by Gasteiger charge is 2.37. The summed E-state index contributed by atoms with van der Waals surface area (Å²) in [6.45, 7) is 5.33. The van der Waals surface area contributed by atoms with Crippen LogP contribution in [-0.4, -0.2) is 36.2 Å². The van der Waals surface area contributed by atoms with Gasteiger partial charge in [-0.05, 0) is 37.5 Å². The predicted octanol–water partition coefficient (Wildman–Crippen LogP) is 4.12. The van der Waals surface area contributed by atoms with Gasteiger partial charge in [-0.1, -0.05) is 52.3 Å². The van der Waals surface area contributed by atoms with Gasteiger partial charge >= 0.3 is 0 Å². The fourth-order valence-electron chi connectivity index (χ4n) is 3.26. The molecule has 1 atom stereocenters. The number of β-amino-alcohol motifs (C(OH)–C–C–N with tert-alkyl or cyclic N) is 1. The van der Waals surface area contributed by atoms with Crippen molar-refractivity contribution in [1.29, 1.82) is 0 Å². The van der Waals surface area contributed by atoms with Crippen molar-refractivity contribution in [1.82, 2.24) is 4.90 Å². The number of nitrogens with zero attached hydrogens (tertiary/aromatic N) is 1. The van der Waals surface area contributed by atoms with E-state index in [-0.39, 0.29) is 0 Å². The Kier molecular flexibility index (Phi) is 5.59. The third-order valence-electron chi connectivity index (χ3n) is 4.73. The van der Waals surface area contributed by atoms with Gasteiger partial charge in [-0.2, -0.15) is 0 Å². The molecule has 0 radical (unpaired) electrons. The maximum atomic E-state index is 10.9. The number of hydrogen-bond acceptors (Lipinski definition) is 3. The molecular formula is C20H24BrNO2. The molecule has 2 aromatic carbocycles. The first kappa shape index (κ1) is 17.5. The van der Waals surface area contributed by atoms with E-state index in [9.17, 15) is 5.11 Å². The minimum absolute atomic E-state index is 0.692. The lowest BCUT2D eigenvalue weighted by atomic mass is 9.93. The lowest BCUT2D eigenvalue weighted by Crippen LogP contribution is -2.31. The zero-order chi connectivity index (χ0) is 17.0. The third kappa shape index (κ3) is 4.00. The Bertz CT molecular complexity index is 677. The van der Waals surface area contributed by atoms with E-state index in [1.807, 2.05) is 48.5 Å². The Hall–Kier alpha value is -1.36. The van der Waals surface area contributed by atoms with E-state index in [0.29, 0.717) is 13.2 Å². The molecule has 2 aromatic rings. The van der Waals surface area contributed by atoms with Crippen molar-refractivity contribution in [3.8, 4) is 5.75 Å². The SMILES string of the molecule is Cc1c(Br)cccc1OCCCN1CCC(O)(c2ccccc2)C1. The summed E-state index contributed by atoms with van der Waals surface area (Å²) in [4.78, 5) is 2.32. The van der Waals surface area contributed by atoms with Crippen LogP contribution in [0.5, 0.6) is 5.75 Å². The van der Waals surface area contributed by atoms with E-state index < -0.39 is 5.60 Å². The summed E-state index contributed by atoms with van der Waals surface area (Å²) in [7, 11) is 0. The molecule has 1 unspecified atom stereocenters. The van der Waals surface area contributed by atoms with Crippen LogP contribution in [0.1, 0.15) is 24.0 Å². The summed E-state index contributed by atoms with van der Waals surface area (Å²) < 4.78 is 6.97. The molecular weight excluding hydrogens is 366 g/mol. The van der Waals surface area contributed by atoms with Crippen molar-refractivity contribution >= 4 is 15.9 Å². The minimum Gasteiger partial charge on any atom is -0.493 e. The number of aliphatic hydroxyl groups is 1. The molecule has 0 bridgehead atoms. The van der Waals surface area contributed by atoms with Crippen LogP contribution in [-0.2, 0) is 5.60 Å². The van der Waals surface area contributed by atoms with Crippen LogP contribution < -0.4 is 4.74 Å². The zero-order valence-electron chi connectivity index (χ0n) is 14.0. The van der Waals surface area contributed by atoms with E-state index in [1.165, 1.54) is 0 Å². The zero-order valence-corrected chi connectivity index (χ0v) is 15.6. The van der Waals surface area contributed by atoms with Crippen molar-refractivity contribution in [2.24, 2.45) is 0 Å². The fourth-order valence-corrected chi connectivity index (χ4v) is 3.61. The fraction of sp³-hybridized carbons (Fsp3) is 0.400. The molecule has 3 rings (SSSR count). The predicted molar refractivity (Wildman–Crippen MR) is 100 cm³/mol. The summed E-state index contributed by atoms with van der Waals surface area (Å²) >= 11 is 3.53. The summed E-state index contributed by atoms with van der Waals surface area (Å²) in [6, 6.07) is 16.0. The Balaban J connectivity index is 1.46. The minimum atomic E-state index is -0.705. The van der Waals surface area contributed by atoms with Gasteiger partial charge in [0, 0.05) is 29.7 Å². The van der Waals surface area contributed by atoms with Gasteiger partial charge in [0.15, 0.2) is 0 Å². The molecule has 24 heavy (non-hydrogen) atoms. The summed E-state index contributed by atoms with van der Waals surface area (Å²) in [5, 5.41) is 10.9. The van der Waals surface area contributed by atoms with Gasteiger partial charge < -0.3 is 9.84 Å². The number of likely N-dealkylation sites (tertiary alicyclic amines) is 1. The van der Waals surface area contributed by atoms with Gasteiger partial charge in [-0.25, -0.2) is 0 Å². The Morgan fingerprint density at radius 1 is 1.17 bits per heavy atom. The quantitative estimate of drug-likeness (QED) is 0.754. The highest BCUT2D eigenvalue weighted by Crippen LogP contribution is 2.31. The summed E-state index contributed by atoms with van der Waals surface area (Å²) in [5.41, 5.74) is 1.45. The molecule has 0 amide bonds. The largest absolute Gasteiger partial charge is 0.493 e. The number of ether oxygens (including phenoxy) is 1. The van der Waals surface area contributed by atoms with Crippen LogP contribution in [0.2, 0.25) is 0 Å². The van der Waals surface area contributed by atoms with Gasteiger partial charge in [0.2, 0.25) is 0 Å². The van der Waals surface area contributed by atoms with Gasteiger partial charge in [-0.15, -0.1) is 0 Å². The molecule has 4 heteroatoms. The highest BCUT2D eigenvalue weighted by atomic mass is 79.9. The van der Waals surface area contributed by atoms with E-state index in [1.54, 1.807) is 0 Å². The smallest absolute Gasteiger partial charge is 0.123 e. The normalized spacial score (nSPS) is 21.1. The van der Waals surface area contributed by atoms with Gasteiger partial charge in [0.25, 0.3) is 0 Å². The van der Waals surface area contributed by atoms with Crippen molar-refractivity contribution in [2.75, 3.05) is 26.2 Å². The molecule has 1 aliphatic heterocycles. The molecule has 0 aromatic heterocycles. The second-order valence-electron chi connectivity index (χ2n) is 6.49. The second kappa shape index (κ2) is 7.68. The molecule has 1 fully saturated rings. The van der Waals surface area contributed by atoms with E-state index in [0.717, 1.165) is 47.3 Å². The number of rotatable bonds is 6. The van der Waals surface area contributed by atoms with Crippen LogP contribution in [0.15, 0.2) is 53.0 Å². The van der Waals surface area contributed by atoms with Crippen LogP contribution >= 0.6 is 15.9 Å². The Morgan fingerprint density at radius 2 is 1.96 bits per heavy atom. The number of hydrogen-bond donors (Lipinski definition) is 1. The molecule has 3 nitrogen and oxygen atoms in total. The molecule has 1 heterocycles. The molecule has 0 spiro atoms. The molecule has 0 saturated carbocycles. The monoisotopic (exact) mass is 389 g/mol. The molecule has 128 valence electrons.